The number of carbonyl (C=O) groups excluding carboxylic acids is 1. The highest BCUT2D eigenvalue weighted by molar-refractivity contribution is 5.67. The normalized spacial score (nSPS) is 31.8. The Morgan fingerprint density at radius 2 is 2.06 bits per heavy atom. The van der Waals surface area contributed by atoms with Gasteiger partial charge in [-0.1, -0.05) is 12.8 Å². The van der Waals surface area contributed by atoms with E-state index in [-0.39, 0.29) is 6.09 Å². The zero-order chi connectivity index (χ0) is 13.2. The van der Waals surface area contributed by atoms with Gasteiger partial charge in [-0.25, -0.2) is 4.79 Å². The van der Waals surface area contributed by atoms with E-state index >= 15 is 0 Å². The molecule has 104 valence electrons. The summed E-state index contributed by atoms with van der Waals surface area (Å²) in [6.07, 6.45) is 5.06. The highest BCUT2D eigenvalue weighted by Crippen LogP contribution is 2.35. The van der Waals surface area contributed by atoms with Crippen molar-refractivity contribution in [3.05, 3.63) is 0 Å². The minimum Gasteiger partial charge on any atom is -0.444 e. The zero-order valence-electron chi connectivity index (χ0n) is 11.8. The van der Waals surface area contributed by atoms with Crippen molar-refractivity contribution in [3.8, 4) is 0 Å². The number of hydrogen-bond acceptors (Lipinski definition) is 3. The maximum absolute atomic E-state index is 11.6. The van der Waals surface area contributed by atoms with E-state index in [0.29, 0.717) is 12.6 Å². The van der Waals surface area contributed by atoms with E-state index in [2.05, 4.69) is 10.6 Å². The first-order valence-corrected chi connectivity index (χ1v) is 7.16. The van der Waals surface area contributed by atoms with Gasteiger partial charge < -0.3 is 15.4 Å². The Balaban J connectivity index is 1.75. The molecule has 1 amide bonds. The van der Waals surface area contributed by atoms with Crippen LogP contribution in [-0.2, 0) is 4.74 Å². The van der Waals surface area contributed by atoms with Crippen molar-refractivity contribution in [1.82, 2.24) is 10.6 Å². The third kappa shape index (κ3) is 3.61. The first-order chi connectivity index (χ1) is 8.46. The highest BCUT2D eigenvalue weighted by atomic mass is 16.6. The van der Waals surface area contributed by atoms with Crippen LogP contribution < -0.4 is 10.6 Å². The molecule has 2 rings (SSSR count). The van der Waals surface area contributed by atoms with Gasteiger partial charge in [0.1, 0.15) is 5.60 Å². The molecule has 0 aromatic carbocycles. The molecule has 1 saturated carbocycles. The van der Waals surface area contributed by atoms with Crippen LogP contribution in [0.4, 0.5) is 4.79 Å². The lowest BCUT2D eigenvalue weighted by Gasteiger charge is -2.28. The lowest BCUT2D eigenvalue weighted by molar-refractivity contribution is 0.0519. The van der Waals surface area contributed by atoms with Crippen LogP contribution >= 0.6 is 0 Å². The van der Waals surface area contributed by atoms with E-state index in [1.54, 1.807) is 0 Å². The molecule has 1 saturated heterocycles. The minimum atomic E-state index is -0.416. The van der Waals surface area contributed by atoms with Crippen LogP contribution in [0, 0.1) is 11.8 Å². The molecule has 2 unspecified atom stereocenters. The maximum atomic E-state index is 11.6. The second-order valence-corrected chi connectivity index (χ2v) is 6.61. The number of rotatable bonds is 2. The van der Waals surface area contributed by atoms with Crippen LogP contribution in [0.2, 0.25) is 0 Å². The van der Waals surface area contributed by atoms with Crippen LogP contribution in [0.3, 0.4) is 0 Å². The molecule has 2 aliphatic rings. The second kappa shape index (κ2) is 5.47. The molecule has 0 radical (unpaired) electrons. The topological polar surface area (TPSA) is 50.4 Å². The van der Waals surface area contributed by atoms with Gasteiger partial charge in [0.15, 0.2) is 0 Å². The third-order valence-electron chi connectivity index (χ3n) is 3.99. The standard InChI is InChI=1S/C14H26N2O2/c1-14(2,3)18-13(17)16-9-12-11-7-5-4-6-10(11)8-15-12/h10-12,15H,4-9H2,1-3H3,(H,16,17)/t10?,11?,12-/m0/s1. The Labute approximate surface area is 110 Å². The quantitative estimate of drug-likeness (QED) is 0.795. The summed E-state index contributed by atoms with van der Waals surface area (Å²) in [5.74, 6) is 1.57. The van der Waals surface area contributed by atoms with Gasteiger partial charge in [0.25, 0.3) is 0 Å². The van der Waals surface area contributed by atoms with E-state index in [9.17, 15) is 4.79 Å². The fourth-order valence-corrected chi connectivity index (χ4v) is 3.20. The third-order valence-corrected chi connectivity index (χ3v) is 3.99. The maximum Gasteiger partial charge on any atom is 0.407 e. The molecule has 4 heteroatoms. The predicted octanol–water partition coefficient (Wildman–Crippen LogP) is 2.29. The Bertz CT molecular complexity index is 299. The zero-order valence-corrected chi connectivity index (χ0v) is 11.8. The number of alkyl carbamates (subject to hydrolysis) is 1. The Morgan fingerprint density at radius 1 is 1.33 bits per heavy atom. The van der Waals surface area contributed by atoms with Crippen molar-refractivity contribution in [2.45, 2.75) is 58.1 Å². The average Bonchev–Trinajstić information content (AvgIpc) is 2.67. The van der Waals surface area contributed by atoms with E-state index in [0.717, 1.165) is 18.4 Å². The van der Waals surface area contributed by atoms with Crippen LogP contribution in [-0.4, -0.2) is 30.8 Å². The van der Waals surface area contributed by atoms with Crippen LogP contribution in [0.5, 0.6) is 0 Å². The van der Waals surface area contributed by atoms with Crippen molar-refractivity contribution < 1.29 is 9.53 Å². The van der Waals surface area contributed by atoms with Crippen molar-refractivity contribution in [3.63, 3.8) is 0 Å². The summed E-state index contributed by atoms with van der Waals surface area (Å²) in [4.78, 5) is 11.6. The number of nitrogens with one attached hydrogen (secondary N) is 2. The van der Waals surface area contributed by atoms with Gasteiger partial charge in [0, 0.05) is 12.6 Å². The monoisotopic (exact) mass is 254 g/mol. The fraction of sp³-hybridized carbons (Fsp3) is 0.929. The molecule has 1 heterocycles. The predicted molar refractivity (Wildman–Crippen MR) is 71.5 cm³/mol. The number of amides is 1. The minimum absolute atomic E-state index is 0.302. The molecule has 0 aromatic heterocycles. The number of hydrogen-bond donors (Lipinski definition) is 2. The molecule has 4 nitrogen and oxygen atoms in total. The lowest BCUT2D eigenvalue weighted by Crippen LogP contribution is -2.42. The molecule has 2 N–H and O–H groups in total. The molecule has 1 aliphatic carbocycles. The van der Waals surface area contributed by atoms with E-state index in [1.807, 2.05) is 20.8 Å². The molecule has 3 atom stereocenters. The van der Waals surface area contributed by atoms with Gasteiger partial charge in [0.05, 0.1) is 0 Å². The molecular weight excluding hydrogens is 228 g/mol. The largest absolute Gasteiger partial charge is 0.444 e. The molecule has 0 bridgehead atoms. The number of carbonyl (C=O) groups is 1. The SMILES string of the molecule is CC(C)(C)OC(=O)NC[C@@H]1NCC2CCCCC21. The van der Waals surface area contributed by atoms with Crippen molar-refractivity contribution in [2.24, 2.45) is 11.8 Å². The molecular formula is C14H26N2O2. The van der Waals surface area contributed by atoms with Gasteiger partial charge in [0.2, 0.25) is 0 Å². The Hall–Kier alpha value is -0.770. The van der Waals surface area contributed by atoms with Gasteiger partial charge in [-0.3, -0.25) is 0 Å². The van der Waals surface area contributed by atoms with E-state index in [1.165, 1.54) is 25.7 Å². The van der Waals surface area contributed by atoms with E-state index < -0.39 is 5.60 Å². The molecule has 1 aliphatic heterocycles. The number of ether oxygens (including phenoxy) is 1. The molecule has 0 aromatic rings. The van der Waals surface area contributed by atoms with Crippen molar-refractivity contribution in [2.75, 3.05) is 13.1 Å². The fourth-order valence-electron chi connectivity index (χ4n) is 3.20. The number of fused-ring (bicyclic) bond motifs is 1. The lowest BCUT2D eigenvalue weighted by atomic mass is 9.78. The molecule has 2 fully saturated rings. The summed E-state index contributed by atoms with van der Waals surface area (Å²) in [6, 6.07) is 0.433. The second-order valence-electron chi connectivity index (χ2n) is 6.61. The van der Waals surface area contributed by atoms with E-state index in [4.69, 9.17) is 4.74 Å². The Kier molecular flexibility index (Phi) is 4.15. The van der Waals surface area contributed by atoms with Crippen LogP contribution in [0.15, 0.2) is 0 Å². The summed E-state index contributed by atoms with van der Waals surface area (Å²) in [5, 5.41) is 6.44. The van der Waals surface area contributed by atoms with Crippen molar-refractivity contribution in [1.29, 1.82) is 0 Å². The summed E-state index contributed by atoms with van der Waals surface area (Å²) in [7, 11) is 0. The Morgan fingerprint density at radius 3 is 2.78 bits per heavy atom. The van der Waals surface area contributed by atoms with Crippen molar-refractivity contribution >= 4 is 6.09 Å². The van der Waals surface area contributed by atoms with Crippen LogP contribution in [0.1, 0.15) is 46.5 Å². The first-order valence-electron chi connectivity index (χ1n) is 7.16. The highest BCUT2D eigenvalue weighted by Gasteiger charge is 2.37. The summed E-state index contributed by atoms with van der Waals surface area (Å²) in [6.45, 7) is 7.47. The van der Waals surface area contributed by atoms with Crippen LogP contribution in [0.25, 0.3) is 0 Å². The van der Waals surface area contributed by atoms with Gasteiger partial charge in [-0.15, -0.1) is 0 Å². The average molecular weight is 254 g/mol. The van der Waals surface area contributed by atoms with Gasteiger partial charge >= 0.3 is 6.09 Å². The summed E-state index contributed by atoms with van der Waals surface area (Å²) in [5.41, 5.74) is -0.416. The summed E-state index contributed by atoms with van der Waals surface area (Å²) >= 11 is 0. The smallest absolute Gasteiger partial charge is 0.407 e. The first kappa shape index (κ1) is 13.7. The molecule has 18 heavy (non-hydrogen) atoms. The molecule has 0 spiro atoms. The van der Waals surface area contributed by atoms with Gasteiger partial charge in [-0.2, -0.15) is 0 Å². The summed E-state index contributed by atoms with van der Waals surface area (Å²) < 4.78 is 5.26. The van der Waals surface area contributed by atoms with Gasteiger partial charge in [-0.05, 0) is 52.0 Å².